The normalized spacial score (nSPS) is 14.6. The Bertz CT molecular complexity index is 1550. The van der Waals surface area contributed by atoms with Crippen molar-refractivity contribution in [1.29, 1.82) is 0 Å². The summed E-state index contributed by atoms with van der Waals surface area (Å²) in [5, 5.41) is 5.27. The minimum atomic E-state index is -3.37. The fraction of sp³-hybridized carbons (Fsp3) is 0.346. The molecule has 12 heteroatoms. The number of hydrogen-bond acceptors (Lipinski definition) is 10. The number of aromatic nitrogens is 3. The molecule has 5 rings (SSSR count). The monoisotopic (exact) mass is 553 g/mol. The smallest absolute Gasteiger partial charge is 0.239 e. The molecular weight excluding hydrogens is 522 g/mol. The molecule has 1 aromatic carbocycles. The second kappa shape index (κ2) is 10.7. The van der Waals surface area contributed by atoms with Crippen molar-refractivity contribution >= 4 is 54.7 Å². The number of anilines is 4. The van der Waals surface area contributed by atoms with Gasteiger partial charge in [0.25, 0.3) is 0 Å². The van der Waals surface area contributed by atoms with Gasteiger partial charge in [0.1, 0.15) is 11.5 Å². The summed E-state index contributed by atoms with van der Waals surface area (Å²) in [6.45, 7) is 7.14. The number of hydrogen-bond donors (Lipinski definition) is 1. The van der Waals surface area contributed by atoms with Crippen LogP contribution < -0.4 is 19.3 Å². The highest BCUT2D eigenvalue weighted by Crippen LogP contribution is 2.35. The molecule has 200 valence electrons. The standard InChI is InChI=1S/C26H31N7O3S2/c1-5-32-11-13-33(14-12-32)23-10-9-21(25(29-23)36-3)28-26-27-16-22-24(30-26)20(17-37-22)18-7-6-8-19(15-18)31(2)38(4,34)35/h6-10,15-17H,5,11-14H2,1-4H3,(H,27,28,30). The van der Waals surface area contributed by atoms with E-state index in [9.17, 15) is 8.42 Å². The molecule has 1 aliphatic rings. The molecule has 0 atom stereocenters. The van der Waals surface area contributed by atoms with Crippen LogP contribution in [0.25, 0.3) is 21.3 Å². The highest BCUT2D eigenvalue weighted by atomic mass is 32.2. The Kier molecular flexibility index (Phi) is 7.37. The lowest BCUT2D eigenvalue weighted by atomic mass is 10.1. The van der Waals surface area contributed by atoms with Gasteiger partial charge < -0.3 is 19.9 Å². The van der Waals surface area contributed by atoms with Crippen LogP contribution in [-0.4, -0.2) is 81.4 Å². The predicted octanol–water partition coefficient (Wildman–Crippen LogP) is 4.04. The zero-order valence-electron chi connectivity index (χ0n) is 21.9. The predicted molar refractivity (Wildman–Crippen MR) is 154 cm³/mol. The number of methoxy groups -OCH3 is 1. The Labute approximate surface area is 227 Å². The number of piperazine rings is 1. The van der Waals surface area contributed by atoms with E-state index in [1.54, 1.807) is 37.8 Å². The number of likely N-dealkylation sites (N-methyl/N-ethyl adjacent to an activating group) is 1. The van der Waals surface area contributed by atoms with Crippen LogP contribution in [0.2, 0.25) is 0 Å². The molecule has 0 bridgehead atoms. The van der Waals surface area contributed by atoms with Gasteiger partial charge in [0, 0.05) is 44.2 Å². The highest BCUT2D eigenvalue weighted by molar-refractivity contribution is 7.92. The van der Waals surface area contributed by atoms with Crippen LogP contribution in [0.15, 0.2) is 48.0 Å². The van der Waals surface area contributed by atoms with Crippen molar-refractivity contribution in [2.24, 2.45) is 0 Å². The van der Waals surface area contributed by atoms with Crippen molar-refractivity contribution in [3.05, 3.63) is 48.0 Å². The number of fused-ring (bicyclic) bond motifs is 1. The molecule has 10 nitrogen and oxygen atoms in total. The molecule has 4 heterocycles. The molecule has 4 aromatic rings. The maximum atomic E-state index is 12.0. The van der Waals surface area contributed by atoms with Crippen LogP contribution in [0.1, 0.15) is 6.92 Å². The third-order valence-corrected chi connectivity index (χ3v) is 8.87. The molecule has 0 aliphatic carbocycles. The van der Waals surface area contributed by atoms with Gasteiger partial charge in [0.05, 0.1) is 35.5 Å². The first kappa shape index (κ1) is 26.1. The average molecular weight is 554 g/mol. The van der Waals surface area contributed by atoms with Crippen LogP contribution >= 0.6 is 11.3 Å². The third kappa shape index (κ3) is 5.38. The van der Waals surface area contributed by atoms with Gasteiger partial charge >= 0.3 is 0 Å². The molecule has 1 aliphatic heterocycles. The third-order valence-electron chi connectivity index (χ3n) is 6.76. The Hall–Kier alpha value is -3.48. The van der Waals surface area contributed by atoms with Gasteiger partial charge in [-0.3, -0.25) is 4.31 Å². The maximum Gasteiger partial charge on any atom is 0.239 e. The van der Waals surface area contributed by atoms with E-state index in [-0.39, 0.29) is 0 Å². The van der Waals surface area contributed by atoms with Gasteiger partial charge in [0.15, 0.2) is 0 Å². The van der Waals surface area contributed by atoms with Crippen molar-refractivity contribution < 1.29 is 13.2 Å². The minimum Gasteiger partial charge on any atom is -0.479 e. The SMILES string of the molecule is CCN1CCN(c2ccc(Nc3ncc4scc(-c5cccc(N(C)S(C)(=O)=O)c5)c4n3)c(OC)n2)CC1. The van der Waals surface area contributed by atoms with Crippen LogP contribution in [0.3, 0.4) is 0 Å². The lowest BCUT2D eigenvalue weighted by Gasteiger charge is -2.34. The van der Waals surface area contributed by atoms with E-state index in [2.05, 4.69) is 27.0 Å². The number of benzene rings is 1. The molecule has 1 fully saturated rings. The number of nitrogens with one attached hydrogen (secondary N) is 1. The van der Waals surface area contributed by atoms with Gasteiger partial charge in [-0.05, 0) is 36.4 Å². The van der Waals surface area contributed by atoms with Gasteiger partial charge in [-0.15, -0.1) is 11.3 Å². The van der Waals surface area contributed by atoms with Crippen molar-refractivity contribution in [1.82, 2.24) is 19.9 Å². The summed E-state index contributed by atoms with van der Waals surface area (Å²) in [7, 11) is -0.220. The summed E-state index contributed by atoms with van der Waals surface area (Å²) in [5.74, 6) is 1.79. The Morgan fingerprint density at radius 3 is 2.63 bits per heavy atom. The molecule has 0 saturated carbocycles. The molecule has 0 spiro atoms. The second-order valence-corrected chi connectivity index (χ2v) is 12.0. The van der Waals surface area contributed by atoms with E-state index in [1.807, 2.05) is 35.7 Å². The minimum absolute atomic E-state index is 0.422. The summed E-state index contributed by atoms with van der Waals surface area (Å²) in [6.07, 6.45) is 2.97. The number of pyridine rings is 1. The Balaban J connectivity index is 1.41. The molecule has 38 heavy (non-hydrogen) atoms. The molecular formula is C26H31N7O3S2. The van der Waals surface area contributed by atoms with E-state index >= 15 is 0 Å². The van der Waals surface area contributed by atoms with E-state index in [1.165, 1.54) is 10.6 Å². The summed E-state index contributed by atoms with van der Waals surface area (Å²) >= 11 is 1.54. The summed E-state index contributed by atoms with van der Waals surface area (Å²) in [4.78, 5) is 18.7. The largest absolute Gasteiger partial charge is 0.479 e. The zero-order valence-corrected chi connectivity index (χ0v) is 23.5. The fourth-order valence-corrected chi connectivity index (χ4v) is 5.80. The quantitative estimate of drug-likeness (QED) is 0.346. The first-order valence-electron chi connectivity index (χ1n) is 12.3. The van der Waals surface area contributed by atoms with Crippen LogP contribution in [0, 0.1) is 0 Å². The second-order valence-electron chi connectivity index (χ2n) is 9.11. The summed E-state index contributed by atoms with van der Waals surface area (Å²) in [5.41, 5.74) is 3.83. The van der Waals surface area contributed by atoms with Crippen molar-refractivity contribution in [2.45, 2.75) is 6.92 Å². The molecule has 1 saturated heterocycles. The topological polar surface area (TPSA) is 104 Å². The van der Waals surface area contributed by atoms with E-state index in [4.69, 9.17) is 14.7 Å². The van der Waals surface area contributed by atoms with Gasteiger partial charge in [-0.1, -0.05) is 19.1 Å². The fourth-order valence-electron chi connectivity index (χ4n) is 4.43. The first-order chi connectivity index (χ1) is 18.3. The van der Waals surface area contributed by atoms with Crippen molar-refractivity contribution in [3.63, 3.8) is 0 Å². The van der Waals surface area contributed by atoms with Gasteiger partial charge in [0.2, 0.25) is 21.9 Å². The van der Waals surface area contributed by atoms with E-state index < -0.39 is 10.0 Å². The Morgan fingerprint density at radius 1 is 1.13 bits per heavy atom. The molecule has 1 N–H and O–H groups in total. The van der Waals surface area contributed by atoms with Crippen LogP contribution in [0.4, 0.5) is 23.1 Å². The number of thiophene rings is 1. The van der Waals surface area contributed by atoms with Gasteiger partial charge in [-0.25, -0.2) is 18.4 Å². The number of sulfonamides is 1. The molecule has 0 amide bonds. The Morgan fingerprint density at radius 2 is 1.92 bits per heavy atom. The van der Waals surface area contributed by atoms with E-state index in [0.717, 1.165) is 59.9 Å². The summed E-state index contributed by atoms with van der Waals surface area (Å²) in [6, 6.07) is 11.3. The molecule has 0 unspecified atom stereocenters. The number of ether oxygens (including phenoxy) is 1. The van der Waals surface area contributed by atoms with E-state index in [0.29, 0.717) is 23.2 Å². The first-order valence-corrected chi connectivity index (χ1v) is 15.1. The number of nitrogens with zero attached hydrogens (tertiary/aromatic N) is 6. The van der Waals surface area contributed by atoms with Crippen LogP contribution in [-0.2, 0) is 10.0 Å². The number of rotatable bonds is 8. The van der Waals surface area contributed by atoms with Crippen LogP contribution in [0.5, 0.6) is 5.88 Å². The van der Waals surface area contributed by atoms with Gasteiger partial charge in [-0.2, -0.15) is 4.98 Å². The molecule has 0 radical (unpaired) electrons. The lowest BCUT2D eigenvalue weighted by molar-refractivity contribution is 0.270. The van der Waals surface area contributed by atoms with Crippen molar-refractivity contribution in [2.75, 3.05) is 67.7 Å². The highest BCUT2D eigenvalue weighted by Gasteiger charge is 2.19. The zero-order chi connectivity index (χ0) is 26.9. The lowest BCUT2D eigenvalue weighted by Crippen LogP contribution is -2.46. The summed E-state index contributed by atoms with van der Waals surface area (Å²) < 4.78 is 31.9. The van der Waals surface area contributed by atoms with Crippen molar-refractivity contribution in [3.8, 4) is 17.0 Å². The average Bonchev–Trinajstić information content (AvgIpc) is 3.36. The maximum absolute atomic E-state index is 12.0. The molecule has 3 aromatic heterocycles.